The number of amides is 1. The summed E-state index contributed by atoms with van der Waals surface area (Å²) in [7, 11) is 0. The van der Waals surface area contributed by atoms with E-state index in [-0.39, 0.29) is 30.5 Å². The monoisotopic (exact) mass is 280 g/mol. The minimum absolute atomic E-state index is 0.0884. The highest BCUT2D eigenvalue weighted by molar-refractivity contribution is 5.78. The lowest BCUT2D eigenvalue weighted by atomic mass is 10.2. The molecule has 2 atom stereocenters. The van der Waals surface area contributed by atoms with Gasteiger partial charge in [0.05, 0.1) is 18.8 Å². The summed E-state index contributed by atoms with van der Waals surface area (Å²) in [6.45, 7) is 6.04. The lowest BCUT2D eigenvalue weighted by molar-refractivity contribution is -0.126. The van der Waals surface area contributed by atoms with Crippen LogP contribution in [-0.2, 0) is 16.1 Å². The van der Waals surface area contributed by atoms with Crippen LogP contribution in [0, 0.1) is 5.82 Å². The van der Waals surface area contributed by atoms with E-state index in [0.717, 1.165) is 13.1 Å². The maximum atomic E-state index is 13.4. The van der Waals surface area contributed by atoms with Gasteiger partial charge in [0, 0.05) is 25.2 Å². The summed E-state index contributed by atoms with van der Waals surface area (Å²) in [5.74, 6) is -0.379. The quantitative estimate of drug-likeness (QED) is 0.910. The smallest absolute Gasteiger partial charge is 0.234 e. The summed E-state index contributed by atoms with van der Waals surface area (Å²) in [4.78, 5) is 14.0. The summed E-state index contributed by atoms with van der Waals surface area (Å²) in [6.07, 6.45) is 0.274. The van der Waals surface area contributed by atoms with Crippen LogP contribution in [-0.4, -0.2) is 42.6 Å². The number of morpholine rings is 1. The van der Waals surface area contributed by atoms with E-state index in [1.807, 2.05) is 13.8 Å². The molecular weight excluding hydrogens is 259 g/mol. The van der Waals surface area contributed by atoms with Crippen LogP contribution in [0.15, 0.2) is 24.3 Å². The van der Waals surface area contributed by atoms with Crippen LogP contribution < -0.4 is 5.32 Å². The van der Waals surface area contributed by atoms with Gasteiger partial charge in [-0.15, -0.1) is 0 Å². The molecule has 1 saturated heterocycles. The van der Waals surface area contributed by atoms with Crippen molar-refractivity contribution in [1.29, 1.82) is 0 Å². The third-order valence-corrected chi connectivity index (χ3v) is 3.30. The molecule has 0 saturated carbocycles. The van der Waals surface area contributed by atoms with Crippen molar-refractivity contribution >= 4 is 5.91 Å². The van der Waals surface area contributed by atoms with E-state index in [1.54, 1.807) is 18.2 Å². The van der Waals surface area contributed by atoms with Gasteiger partial charge in [-0.2, -0.15) is 0 Å². The van der Waals surface area contributed by atoms with Crippen LogP contribution in [0.2, 0.25) is 0 Å². The molecule has 0 spiro atoms. The second-order valence-corrected chi connectivity index (χ2v) is 5.32. The van der Waals surface area contributed by atoms with Gasteiger partial charge in [-0.25, -0.2) is 4.39 Å². The fourth-order valence-electron chi connectivity index (χ4n) is 2.51. The topological polar surface area (TPSA) is 41.6 Å². The molecule has 110 valence electrons. The summed E-state index contributed by atoms with van der Waals surface area (Å²) < 4.78 is 19.0. The van der Waals surface area contributed by atoms with Gasteiger partial charge in [-0.05, 0) is 19.9 Å². The first kappa shape index (κ1) is 14.9. The first-order valence-electron chi connectivity index (χ1n) is 6.92. The van der Waals surface area contributed by atoms with Gasteiger partial charge in [-0.3, -0.25) is 9.69 Å². The highest BCUT2D eigenvalue weighted by atomic mass is 19.1. The van der Waals surface area contributed by atoms with E-state index in [2.05, 4.69) is 10.2 Å². The Bertz CT molecular complexity index is 457. The fourth-order valence-corrected chi connectivity index (χ4v) is 2.51. The largest absolute Gasteiger partial charge is 0.373 e. The zero-order valence-corrected chi connectivity index (χ0v) is 11.9. The number of rotatable bonds is 4. The van der Waals surface area contributed by atoms with Gasteiger partial charge in [0.25, 0.3) is 0 Å². The van der Waals surface area contributed by atoms with Crippen molar-refractivity contribution in [1.82, 2.24) is 10.2 Å². The van der Waals surface area contributed by atoms with E-state index in [0.29, 0.717) is 12.1 Å². The number of ether oxygens (including phenoxy) is 1. The van der Waals surface area contributed by atoms with Crippen molar-refractivity contribution in [3.8, 4) is 0 Å². The van der Waals surface area contributed by atoms with Crippen molar-refractivity contribution in [2.24, 2.45) is 0 Å². The Labute approximate surface area is 118 Å². The standard InChI is InChI=1S/C15H21FN2O2/c1-11-8-18(9-12(2)20-11)10-15(19)17-7-13-5-3-4-6-14(13)16/h3-6,11-12H,7-10H2,1-2H3,(H,17,19)/t11-,12-/m0/s1. The molecule has 1 aliphatic rings. The summed E-state index contributed by atoms with van der Waals surface area (Å²) in [5.41, 5.74) is 0.504. The molecular formula is C15H21FN2O2. The predicted molar refractivity (Wildman–Crippen MR) is 74.7 cm³/mol. The van der Waals surface area contributed by atoms with Crippen molar-refractivity contribution in [3.05, 3.63) is 35.6 Å². The highest BCUT2D eigenvalue weighted by Crippen LogP contribution is 2.10. The molecule has 1 heterocycles. The summed E-state index contributed by atoms with van der Waals surface area (Å²) in [5, 5.41) is 2.76. The zero-order chi connectivity index (χ0) is 14.5. The molecule has 0 aromatic heterocycles. The molecule has 0 aliphatic carbocycles. The number of nitrogens with zero attached hydrogens (tertiary/aromatic N) is 1. The van der Waals surface area contributed by atoms with Gasteiger partial charge in [0.15, 0.2) is 0 Å². The Hall–Kier alpha value is -1.46. The van der Waals surface area contributed by atoms with Crippen LogP contribution in [0.4, 0.5) is 4.39 Å². The van der Waals surface area contributed by atoms with Crippen LogP contribution >= 0.6 is 0 Å². The number of hydrogen-bond donors (Lipinski definition) is 1. The Kier molecular flexibility index (Phi) is 5.09. The third-order valence-electron chi connectivity index (χ3n) is 3.30. The molecule has 1 aromatic rings. The van der Waals surface area contributed by atoms with Gasteiger partial charge in [0.2, 0.25) is 5.91 Å². The Morgan fingerprint density at radius 3 is 2.65 bits per heavy atom. The Balaban J connectivity index is 1.79. The number of carbonyl (C=O) groups excluding carboxylic acids is 1. The van der Waals surface area contributed by atoms with Crippen LogP contribution in [0.3, 0.4) is 0 Å². The van der Waals surface area contributed by atoms with Crippen LogP contribution in [0.1, 0.15) is 19.4 Å². The molecule has 20 heavy (non-hydrogen) atoms. The lowest BCUT2D eigenvalue weighted by Crippen LogP contribution is -2.49. The van der Waals surface area contributed by atoms with E-state index in [4.69, 9.17) is 4.74 Å². The van der Waals surface area contributed by atoms with Gasteiger partial charge >= 0.3 is 0 Å². The molecule has 0 radical (unpaired) electrons. The lowest BCUT2D eigenvalue weighted by Gasteiger charge is -2.34. The van der Waals surface area contributed by atoms with Crippen molar-refractivity contribution in [3.63, 3.8) is 0 Å². The zero-order valence-electron chi connectivity index (χ0n) is 11.9. The third kappa shape index (κ3) is 4.28. The Morgan fingerprint density at radius 1 is 1.35 bits per heavy atom. The van der Waals surface area contributed by atoms with Gasteiger partial charge in [0.1, 0.15) is 5.82 Å². The Morgan fingerprint density at radius 2 is 2.00 bits per heavy atom. The van der Waals surface area contributed by atoms with Crippen LogP contribution in [0.5, 0.6) is 0 Å². The molecule has 0 bridgehead atoms. The van der Waals surface area contributed by atoms with Crippen LogP contribution in [0.25, 0.3) is 0 Å². The number of nitrogens with one attached hydrogen (secondary N) is 1. The summed E-state index contributed by atoms with van der Waals surface area (Å²) >= 11 is 0. The normalized spacial score (nSPS) is 23.6. The van der Waals surface area contributed by atoms with E-state index < -0.39 is 0 Å². The fraction of sp³-hybridized carbons (Fsp3) is 0.533. The molecule has 1 N–H and O–H groups in total. The number of carbonyl (C=O) groups is 1. The first-order valence-corrected chi connectivity index (χ1v) is 6.92. The SMILES string of the molecule is C[C@H]1CN(CC(=O)NCc2ccccc2F)C[C@H](C)O1. The number of halogens is 1. The molecule has 1 fully saturated rings. The molecule has 1 amide bonds. The molecule has 2 rings (SSSR count). The molecule has 1 aromatic carbocycles. The predicted octanol–water partition coefficient (Wildman–Crippen LogP) is 1.55. The van der Waals surface area contributed by atoms with Crippen molar-refractivity contribution < 1.29 is 13.9 Å². The highest BCUT2D eigenvalue weighted by Gasteiger charge is 2.23. The van der Waals surface area contributed by atoms with Gasteiger partial charge < -0.3 is 10.1 Å². The van der Waals surface area contributed by atoms with E-state index in [1.165, 1.54) is 6.07 Å². The van der Waals surface area contributed by atoms with Crippen molar-refractivity contribution in [2.45, 2.75) is 32.6 Å². The molecule has 5 heteroatoms. The van der Waals surface area contributed by atoms with E-state index >= 15 is 0 Å². The number of benzene rings is 1. The van der Waals surface area contributed by atoms with Gasteiger partial charge in [-0.1, -0.05) is 18.2 Å². The molecule has 4 nitrogen and oxygen atoms in total. The molecule has 0 unspecified atom stereocenters. The van der Waals surface area contributed by atoms with E-state index in [9.17, 15) is 9.18 Å². The maximum Gasteiger partial charge on any atom is 0.234 e. The molecule has 1 aliphatic heterocycles. The minimum Gasteiger partial charge on any atom is -0.373 e. The maximum absolute atomic E-state index is 13.4. The summed E-state index contributed by atoms with van der Waals surface area (Å²) in [6, 6.07) is 6.47. The average Bonchev–Trinajstić information content (AvgIpc) is 2.36. The second-order valence-electron chi connectivity index (χ2n) is 5.32. The van der Waals surface area contributed by atoms with Crippen molar-refractivity contribution in [2.75, 3.05) is 19.6 Å². The average molecular weight is 280 g/mol. The minimum atomic E-state index is -0.290. The first-order chi connectivity index (χ1) is 9.54. The number of hydrogen-bond acceptors (Lipinski definition) is 3. The second kappa shape index (κ2) is 6.81.